The number of aromatic nitrogens is 2. The molecule has 0 bridgehead atoms. The molecule has 1 aliphatic rings. The van der Waals surface area contributed by atoms with Gasteiger partial charge in [-0.2, -0.15) is 0 Å². The highest BCUT2D eigenvalue weighted by Crippen LogP contribution is 2.30. The molecule has 1 aliphatic carbocycles. The quantitative estimate of drug-likeness (QED) is 0.664. The number of allylic oxidation sites excluding steroid dienone is 1. The molecular formula is C18H13BrN2O. The number of pyridine rings is 1. The van der Waals surface area contributed by atoms with Crippen LogP contribution in [-0.4, -0.2) is 9.38 Å². The lowest BCUT2D eigenvalue weighted by Crippen LogP contribution is -2.19. The van der Waals surface area contributed by atoms with Crippen molar-refractivity contribution in [1.29, 1.82) is 0 Å². The molecule has 0 aliphatic heterocycles. The first-order valence-electron chi connectivity index (χ1n) is 7.19. The van der Waals surface area contributed by atoms with Gasteiger partial charge in [0.15, 0.2) is 0 Å². The molecule has 0 N–H and O–H groups in total. The van der Waals surface area contributed by atoms with Gasteiger partial charge in [0.05, 0.1) is 5.69 Å². The number of benzene rings is 1. The molecule has 4 rings (SSSR count). The summed E-state index contributed by atoms with van der Waals surface area (Å²) in [6.07, 6.45) is 5.54. The van der Waals surface area contributed by atoms with Crippen molar-refractivity contribution >= 4 is 33.2 Å². The summed E-state index contributed by atoms with van der Waals surface area (Å²) < 4.78 is 2.50. The van der Waals surface area contributed by atoms with Gasteiger partial charge in [0.1, 0.15) is 5.65 Å². The van der Waals surface area contributed by atoms with E-state index < -0.39 is 0 Å². The predicted octanol–water partition coefficient (Wildman–Crippen LogP) is 3.94. The summed E-state index contributed by atoms with van der Waals surface area (Å²) in [6, 6.07) is 13.9. The smallest absolute Gasteiger partial charge is 0.261 e. The van der Waals surface area contributed by atoms with Crippen molar-refractivity contribution in [2.24, 2.45) is 0 Å². The van der Waals surface area contributed by atoms with Crippen LogP contribution in [0.5, 0.6) is 0 Å². The van der Waals surface area contributed by atoms with Crippen LogP contribution in [0.15, 0.2) is 57.9 Å². The van der Waals surface area contributed by atoms with Crippen LogP contribution in [0.1, 0.15) is 23.2 Å². The van der Waals surface area contributed by atoms with E-state index in [-0.39, 0.29) is 5.56 Å². The molecule has 0 radical (unpaired) electrons. The van der Waals surface area contributed by atoms with Gasteiger partial charge in [-0.15, -0.1) is 0 Å². The van der Waals surface area contributed by atoms with E-state index in [0.717, 1.165) is 39.7 Å². The van der Waals surface area contributed by atoms with Gasteiger partial charge in [-0.25, -0.2) is 4.98 Å². The SMILES string of the molecule is O=c1c2c(nc3ccc(Br)cn13)C(=Cc1ccccc1)CC2. The van der Waals surface area contributed by atoms with Crippen molar-refractivity contribution in [2.45, 2.75) is 12.8 Å². The van der Waals surface area contributed by atoms with Crippen LogP contribution in [0.2, 0.25) is 0 Å². The maximum atomic E-state index is 12.6. The van der Waals surface area contributed by atoms with Crippen LogP contribution in [0.3, 0.4) is 0 Å². The highest BCUT2D eigenvalue weighted by atomic mass is 79.9. The van der Waals surface area contributed by atoms with Crippen molar-refractivity contribution in [3.05, 3.63) is 80.3 Å². The Bertz CT molecular complexity index is 958. The molecule has 0 unspecified atom stereocenters. The Balaban J connectivity index is 1.92. The highest BCUT2D eigenvalue weighted by molar-refractivity contribution is 9.10. The van der Waals surface area contributed by atoms with Gasteiger partial charge in [0.2, 0.25) is 0 Å². The molecule has 3 aromatic rings. The second-order valence-corrected chi connectivity index (χ2v) is 6.32. The number of rotatable bonds is 1. The Morgan fingerprint density at radius 2 is 1.91 bits per heavy atom. The molecule has 0 spiro atoms. The van der Waals surface area contributed by atoms with Crippen LogP contribution in [0, 0.1) is 0 Å². The van der Waals surface area contributed by atoms with Gasteiger partial charge in [-0.1, -0.05) is 30.3 Å². The predicted molar refractivity (Wildman–Crippen MR) is 91.8 cm³/mol. The first kappa shape index (κ1) is 13.5. The summed E-state index contributed by atoms with van der Waals surface area (Å²) in [4.78, 5) is 17.4. The third kappa shape index (κ3) is 2.20. The molecule has 0 saturated heterocycles. The molecular weight excluding hydrogens is 340 g/mol. The fourth-order valence-electron chi connectivity index (χ4n) is 2.91. The lowest BCUT2D eigenvalue weighted by molar-refractivity contribution is 0.968. The van der Waals surface area contributed by atoms with E-state index in [4.69, 9.17) is 4.98 Å². The second-order valence-electron chi connectivity index (χ2n) is 5.40. The molecule has 0 atom stereocenters. The van der Waals surface area contributed by atoms with Gasteiger partial charge >= 0.3 is 0 Å². The van der Waals surface area contributed by atoms with Crippen molar-refractivity contribution in [3.63, 3.8) is 0 Å². The van der Waals surface area contributed by atoms with Crippen molar-refractivity contribution < 1.29 is 0 Å². The summed E-state index contributed by atoms with van der Waals surface area (Å²) in [7, 11) is 0. The van der Waals surface area contributed by atoms with E-state index >= 15 is 0 Å². The van der Waals surface area contributed by atoms with Crippen molar-refractivity contribution in [3.8, 4) is 0 Å². The molecule has 22 heavy (non-hydrogen) atoms. The Kier molecular flexibility index (Phi) is 3.19. The minimum Gasteiger partial charge on any atom is -0.269 e. The summed E-state index contributed by atoms with van der Waals surface area (Å²) in [5, 5.41) is 0. The number of hydrogen-bond acceptors (Lipinski definition) is 2. The molecule has 4 heteroatoms. The number of hydrogen-bond donors (Lipinski definition) is 0. The maximum Gasteiger partial charge on any atom is 0.261 e. The minimum atomic E-state index is 0.0396. The zero-order chi connectivity index (χ0) is 15.1. The Morgan fingerprint density at radius 1 is 1.09 bits per heavy atom. The molecule has 2 aromatic heterocycles. The van der Waals surface area contributed by atoms with E-state index in [1.54, 1.807) is 10.6 Å². The molecule has 108 valence electrons. The van der Waals surface area contributed by atoms with E-state index in [2.05, 4.69) is 34.1 Å². The average molecular weight is 353 g/mol. The van der Waals surface area contributed by atoms with E-state index in [9.17, 15) is 4.79 Å². The van der Waals surface area contributed by atoms with Crippen LogP contribution >= 0.6 is 15.9 Å². The highest BCUT2D eigenvalue weighted by Gasteiger charge is 2.22. The molecule has 0 amide bonds. The first-order valence-corrected chi connectivity index (χ1v) is 7.98. The zero-order valence-corrected chi connectivity index (χ0v) is 13.4. The Labute approximate surface area is 136 Å². The van der Waals surface area contributed by atoms with Gasteiger partial charge in [-0.05, 0) is 58.1 Å². The second kappa shape index (κ2) is 5.21. The summed E-state index contributed by atoms with van der Waals surface area (Å²) in [5.41, 5.74) is 4.69. The van der Waals surface area contributed by atoms with E-state index in [1.165, 1.54) is 0 Å². The monoisotopic (exact) mass is 352 g/mol. The fourth-order valence-corrected chi connectivity index (χ4v) is 3.25. The lowest BCUT2D eigenvalue weighted by atomic mass is 10.1. The van der Waals surface area contributed by atoms with Gasteiger partial charge in [-0.3, -0.25) is 9.20 Å². The molecule has 3 nitrogen and oxygen atoms in total. The molecule has 1 aromatic carbocycles. The minimum absolute atomic E-state index is 0.0396. The first-order chi connectivity index (χ1) is 10.7. The van der Waals surface area contributed by atoms with Gasteiger partial charge in [0, 0.05) is 16.2 Å². The molecule has 0 saturated carbocycles. The van der Waals surface area contributed by atoms with E-state index in [1.807, 2.05) is 30.3 Å². The lowest BCUT2D eigenvalue weighted by Gasteiger charge is -2.05. The van der Waals surface area contributed by atoms with Crippen LogP contribution in [0.4, 0.5) is 0 Å². The Hall–Kier alpha value is -2.20. The standard InChI is InChI=1S/C18H13BrN2O/c19-14-7-9-16-20-17-13(10-12-4-2-1-3-5-12)6-8-15(17)18(22)21(16)11-14/h1-5,7,9-11H,6,8H2. The topological polar surface area (TPSA) is 34.4 Å². The average Bonchev–Trinajstić information content (AvgIpc) is 2.93. The number of halogens is 1. The van der Waals surface area contributed by atoms with Crippen molar-refractivity contribution in [2.75, 3.05) is 0 Å². The summed E-state index contributed by atoms with van der Waals surface area (Å²) >= 11 is 3.40. The van der Waals surface area contributed by atoms with E-state index in [0.29, 0.717) is 5.65 Å². The largest absolute Gasteiger partial charge is 0.269 e. The third-order valence-corrected chi connectivity index (χ3v) is 4.44. The van der Waals surface area contributed by atoms with Gasteiger partial charge in [0.25, 0.3) is 5.56 Å². The Morgan fingerprint density at radius 3 is 2.73 bits per heavy atom. The zero-order valence-electron chi connectivity index (χ0n) is 11.8. The fraction of sp³-hybridized carbons (Fsp3) is 0.111. The van der Waals surface area contributed by atoms with Gasteiger partial charge < -0.3 is 0 Å². The molecule has 2 heterocycles. The number of nitrogens with zero attached hydrogens (tertiary/aromatic N) is 2. The van der Waals surface area contributed by atoms with Crippen molar-refractivity contribution in [1.82, 2.24) is 9.38 Å². The number of fused-ring (bicyclic) bond motifs is 2. The maximum absolute atomic E-state index is 12.6. The van der Waals surface area contributed by atoms with Crippen LogP contribution < -0.4 is 5.56 Å². The normalized spacial score (nSPS) is 15.4. The third-order valence-electron chi connectivity index (χ3n) is 3.97. The molecule has 0 fully saturated rings. The van der Waals surface area contributed by atoms with Crippen LogP contribution in [0.25, 0.3) is 17.3 Å². The van der Waals surface area contributed by atoms with Crippen LogP contribution in [-0.2, 0) is 6.42 Å². The summed E-state index contributed by atoms with van der Waals surface area (Å²) in [6.45, 7) is 0. The summed E-state index contributed by atoms with van der Waals surface area (Å²) in [5.74, 6) is 0.